The molecule has 3 heterocycles. The molecular weight excluding hydrogens is 344 g/mol. The van der Waals surface area contributed by atoms with Gasteiger partial charge in [0.15, 0.2) is 0 Å². The molecule has 0 unspecified atom stereocenters. The number of hydrogen-bond donors (Lipinski definition) is 2. The molecule has 1 aliphatic rings. The predicted octanol–water partition coefficient (Wildman–Crippen LogP) is 3.20. The number of aromatic amines is 1. The quantitative estimate of drug-likeness (QED) is 0.778. The molecule has 2 N–H and O–H groups in total. The maximum Gasteiger partial charge on any atom is 0.306 e. The van der Waals surface area contributed by atoms with E-state index in [1.807, 2.05) is 39.8 Å². The van der Waals surface area contributed by atoms with Gasteiger partial charge in [0.05, 0.1) is 12.6 Å². The van der Waals surface area contributed by atoms with Crippen LogP contribution in [-0.2, 0) is 9.53 Å². The van der Waals surface area contributed by atoms with Gasteiger partial charge >= 0.3 is 5.97 Å². The van der Waals surface area contributed by atoms with E-state index in [0.717, 1.165) is 43.3 Å². The minimum absolute atomic E-state index is 0.138. The zero-order valence-electron chi connectivity index (χ0n) is 16.5. The number of hydrogen-bond acceptors (Lipinski definition) is 7. The van der Waals surface area contributed by atoms with E-state index in [4.69, 9.17) is 4.74 Å². The second-order valence-electron chi connectivity index (χ2n) is 8.03. The lowest BCUT2D eigenvalue weighted by atomic mass is 9.95. The summed E-state index contributed by atoms with van der Waals surface area (Å²) in [5.41, 5.74) is 0.439. The first-order chi connectivity index (χ1) is 12.8. The Morgan fingerprint density at radius 1 is 1.41 bits per heavy atom. The minimum atomic E-state index is -0.446. The SMILES string of the molecule is Cc1cc(Nc2ccn[nH]2)nc(N2CCC[C@H](CC(=O)OC(C)(C)C)C2)n1. The standard InChI is InChI=1S/C19H28N6O2/c1-13-10-16(22-15-7-8-20-24-15)23-18(21-13)25-9-5-6-14(12-25)11-17(26)27-19(2,3)4/h7-8,10,14H,5-6,9,11-12H2,1-4H3,(H2,20,21,22,23,24)/t14-/m1/s1. The molecule has 1 atom stereocenters. The van der Waals surface area contributed by atoms with Crippen molar-refractivity contribution in [3.63, 3.8) is 0 Å². The van der Waals surface area contributed by atoms with Crippen LogP contribution in [0.5, 0.6) is 0 Å². The number of ether oxygens (including phenoxy) is 1. The molecule has 0 spiro atoms. The van der Waals surface area contributed by atoms with E-state index in [2.05, 4.69) is 30.4 Å². The Balaban J connectivity index is 1.66. The van der Waals surface area contributed by atoms with E-state index in [1.165, 1.54) is 0 Å². The van der Waals surface area contributed by atoms with Crippen LogP contribution in [0.15, 0.2) is 18.3 Å². The first-order valence-corrected chi connectivity index (χ1v) is 9.37. The van der Waals surface area contributed by atoms with Crippen molar-refractivity contribution >= 4 is 23.6 Å². The number of H-pyrrole nitrogens is 1. The van der Waals surface area contributed by atoms with E-state index in [0.29, 0.717) is 12.4 Å². The number of piperidine rings is 1. The topological polar surface area (TPSA) is 96.0 Å². The molecule has 0 aliphatic carbocycles. The number of aromatic nitrogens is 4. The van der Waals surface area contributed by atoms with E-state index in [-0.39, 0.29) is 11.9 Å². The lowest BCUT2D eigenvalue weighted by molar-refractivity contribution is -0.156. The molecule has 0 aromatic carbocycles. The maximum atomic E-state index is 12.2. The fourth-order valence-corrected chi connectivity index (χ4v) is 3.25. The zero-order chi connectivity index (χ0) is 19.4. The van der Waals surface area contributed by atoms with Gasteiger partial charge in [0.1, 0.15) is 17.2 Å². The van der Waals surface area contributed by atoms with E-state index < -0.39 is 5.60 Å². The molecule has 2 aromatic rings. The van der Waals surface area contributed by atoms with Gasteiger partial charge < -0.3 is 15.0 Å². The van der Waals surface area contributed by atoms with Gasteiger partial charge in [0.2, 0.25) is 5.95 Å². The highest BCUT2D eigenvalue weighted by Crippen LogP contribution is 2.25. The summed E-state index contributed by atoms with van der Waals surface area (Å²) in [4.78, 5) is 23.6. The highest BCUT2D eigenvalue weighted by Gasteiger charge is 2.26. The number of anilines is 3. The van der Waals surface area contributed by atoms with Gasteiger partial charge in [-0.2, -0.15) is 10.1 Å². The number of esters is 1. The van der Waals surface area contributed by atoms with Crippen LogP contribution < -0.4 is 10.2 Å². The summed E-state index contributed by atoms with van der Waals surface area (Å²) in [6, 6.07) is 3.74. The molecule has 1 saturated heterocycles. The average Bonchev–Trinajstić information content (AvgIpc) is 3.05. The smallest absolute Gasteiger partial charge is 0.306 e. The van der Waals surface area contributed by atoms with Crippen LogP contribution in [0.2, 0.25) is 0 Å². The van der Waals surface area contributed by atoms with Gasteiger partial charge in [0.25, 0.3) is 0 Å². The van der Waals surface area contributed by atoms with Gasteiger partial charge in [-0.05, 0) is 46.5 Å². The van der Waals surface area contributed by atoms with Crippen molar-refractivity contribution in [2.24, 2.45) is 5.92 Å². The normalized spacial score (nSPS) is 17.6. The molecule has 3 rings (SSSR count). The Labute approximate surface area is 159 Å². The molecule has 1 aliphatic heterocycles. The van der Waals surface area contributed by atoms with Crippen molar-refractivity contribution in [1.29, 1.82) is 0 Å². The van der Waals surface area contributed by atoms with E-state index in [1.54, 1.807) is 6.20 Å². The Morgan fingerprint density at radius 3 is 2.93 bits per heavy atom. The van der Waals surface area contributed by atoms with Gasteiger partial charge in [-0.25, -0.2) is 4.98 Å². The Kier molecular flexibility index (Phi) is 5.62. The van der Waals surface area contributed by atoms with Gasteiger partial charge in [0, 0.05) is 30.9 Å². The van der Waals surface area contributed by atoms with Crippen molar-refractivity contribution in [2.45, 2.75) is 52.6 Å². The lowest BCUT2D eigenvalue weighted by Crippen LogP contribution is -2.38. The molecule has 27 heavy (non-hydrogen) atoms. The van der Waals surface area contributed by atoms with Crippen molar-refractivity contribution in [2.75, 3.05) is 23.3 Å². The number of rotatable bonds is 5. The van der Waals surface area contributed by atoms with Crippen LogP contribution in [-0.4, -0.2) is 44.8 Å². The second kappa shape index (κ2) is 7.94. The van der Waals surface area contributed by atoms with Crippen LogP contribution in [0.3, 0.4) is 0 Å². The summed E-state index contributed by atoms with van der Waals surface area (Å²) in [5, 5.41) is 10.00. The van der Waals surface area contributed by atoms with Crippen LogP contribution in [0.25, 0.3) is 0 Å². The summed E-state index contributed by atoms with van der Waals surface area (Å²) in [7, 11) is 0. The summed E-state index contributed by atoms with van der Waals surface area (Å²) in [6.07, 6.45) is 4.14. The fourth-order valence-electron chi connectivity index (χ4n) is 3.25. The van der Waals surface area contributed by atoms with Crippen molar-refractivity contribution < 1.29 is 9.53 Å². The molecule has 1 fully saturated rings. The Hall–Kier alpha value is -2.64. The lowest BCUT2D eigenvalue weighted by Gasteiger charge is -2.33. The zero-order valence-corrected chi connectivity index (χ0v) is 16.5. The summed E-state index contributed by atoms with van der Waals surface area (Å²) in [5.74, 6) is 2.30. The third kappa shape index (κ3) is 5.67. The Morgan fingerprint density at radius 2 is 2.22 bits per heavy atom. The number of carbonyl (C=O) groups is 1. The molecule has 8 heteroatoms. The third-order valence-corrected chi connectivity index (χ3v) is 4.28. The van der Waals surface area contributed by atoms with Gasteiger partial charge in [-0.15, -0.1) is 0 Å². The molecule has 0 saturated carbocycles. The molecule has 0 amide bonds. The molecule has 8 nitrogen and oxygen atoms in total. The fraction of sp³-hybridized carbons (Fsp3) is 0.579. The molecule has 2 aromatic heterocycles. The molecular formula is C19H28N6O2. The van der Waals surface area contributed by atoms with Crippen molar-refractivity contribution in [3.8, 4) is 0 Å². The first kappa shape index (κ1) is 19.1. The van der Waals surface area contributed by atoms with Gasteiger partial charge in [-0.3, -0.25) is 9.89 Å². The second-order valence-corrected chi connectivity index (χ2v) is 8.03. The first-order valence-electron chi connectivity index (χ1n) is 9.37. The molecule has 0 radical (unpaired) electrons. The number of aryl methyl sites for hydroxylation is 1. The molecule has 0 bridgehead atoms. The summed E-state index contributed by atoms with van der Waals surface area (Å²) >= 11 is 0. The highest BCUT2D eigenvalue weighted by atomic mass is 16.6. The highest BCUT2D eigenvalue weighted by molar-refractivity contribution is 5.70. The molecule has 146 valence electrons. The van der Waals surface area contributed by atoms with Gasteiger partial charge in [-0.1, -0.05) is 0 Å². The van der Waals surface area contributed by atoms with Crippen LogP contribution in [0.4, 0.5) is 17.6 Å². The number of nitrogens with one attached hydrogen (secondary N) is 2. The van der Waals surface area contributed by atoms with Crippen molar-refractivity contribution in [1.82, 2.24) is 20.2 Å². The van der Waals surface area contributed by atoms with E-state index in [9.17, 15) is 4.79 Å². The number of carbonyl (C=O) groups excluding carboxylic acids is 1. The predicted molar refractivity (Wildman–Crippen MR) is 104 cm³/mol. The minimum Gasteiger partial charge on any atom is -0.460 e. The summed E-state index contributed by atoms with van der Waals surface area (Å²) < 4.78 is 5.47. The van der Waals surface area contributed by atoms with E-state index >= 15 is 0 Å². The van der Waals surface area contributed by atoms with Crippen LogP contribution in [0, 0.1) is 12.8 Å². The summed E-state index contributed by atoms with van der Waals surface area (Å²) in [6.45, 7) is 9.28. The Bertz CT molecular complexity index is 769. The number of nitrogens with zero attached hydrogens (tertiary/aromatic N) is 4. The van der Waals surface area contributed by atoms with Crippen LogP contribution >= 0.6 is 0 Å². The monoisotopic (exact) mass is 372 g/mol. The largest absolute Gasteiger partial charge is 0.460 e. The van der Waals surface area contributed by atoms with Crippen LogP contribution in [0.1, 0.15) is 45.7 Å². The van der Waals surface area contributed by atoms with Crippen molar-refractivity contribution in [3.05, 3.63) is 24.0 Å². The maximum absolute atomic E-state index is 12.2. The average molecular weight is 372 g/mol. The third-order valence-electron chi connectivity index (χ3n) is 4.28.